The van der Waals surface area contributed by atoms with E-state index in [4.69, 9.17) is 9.26 Å². The Labute approximate surface area is 156 Å². The number of aryl methyl sites for hydroxylation is 1. The first kappa shape index (κ1) is 17.0. The second-order valence-corrected chi connectivity index (χ2v) is 7.31. The van der Waals surface area contributed by atoms with Gasteiger partial charge < -0.3 is 14.6 Å². The molecule has 0 bridgehead atoms. The van der Waals surface area contributed by atoms with Gasteiger partial charge in [0, 0.05) is 6.07 Å². The van der Waals surface area contributed by atoms with Gasteiger partial charge in [0.15, 0.2) is 5.76 Å². The van der Waals surface area contributed by atoms with Crippen molar-refractivity contribution in [3.63, 3.8) is 0 Å². The predicted molar refractivity (Wildman–Crippen MR) is 99.7 cm³/mol. The van der Waals surface area contributed by atoms with Crippen molar-refractivity contribution in [2.75, 3.05) is 6.61 Å². The van der Waals surface area contributed by atoms with Crippen LogP contribution in [-0.4, -0.2) is 17.7 Å². The topological polar surface area (TPSA) is 64.4 Å². The maximum absolute atomic E-state index is 12.2. The number of amides is 1. The first-order chi connectivity index (χ1) is 12.8. The molecule has 2 aromatic heterocycles. The van der Waals surface area contributed by atoms with E-state index in [1.807, 2.05) is 29.6 Å². The summed E-state index contributed by atoms with van der Waals surface area (Å²) in [6.45, 7) is 0.267. The highest BCUT2D eigenvalue weighted by Crippen LogP contribution is 2.29. The first-order valence-corrected chi connectivity index (χ1v) is 9.62. The fourth-order valence-electron chi connectivity index (χ4n) is 3.30. The monoisotopic (exact) mass is 368 g/mol. The minimum atomic E-state index is -0.103. The summed E-state index contributed by atoms with van der Waals surface area (Å²) in [6.07, 6.45) is 3.14. The van der Waals surface area contributed by atoms with E-state index in [2.05, 4.69) is 28.7 Å². The Morgan fingerprint density at radius 3 is 3.12 bits per heavy atom. The first-order valence-electron chi connectivity index (χ1n) is 8.74. The number of carbonyl (C=O) groups excluding carboxylic acids is 1. The van der Waals surface area contributed by atoms with Gasteiger partial charge in [-0.2, -0.15) is 0 Å². The van der Waals surface area contributed by atoms with Crippen LogP contribution in [0.3, 0.4) is 0 Å². The van der Waals surface area contributed by atoms with Crippen molar-refractivity contribution in [3.8, 4) is 10.6 Å². The van der Waals surface area contributed by atoms with Crippen LogP contribution in [0.25, 0.3) is 10.6 Å². The maximum Gasteiger partial charge on any atom is 0.246 e. The Hall–Kier alpha value is -2.44. The normalized spacial score (nSPS) is 16.2. The highest BCUT2D eigenvalue weighted by atomic mass is 32.1. The lowest BCUT2D eigenvalue weighted by Crippen LogP contribution is -2.33. The van der Waals surface area contributed by atoms with Crippen molar-refractivity contribution in [2.24, 2.45) is 0 Å². The Morgan fingerprint density at radius 1 is 1.31 bits per heavy atom. The van der Waals surface area contributed by atoms with Crippen LogP contribution in [0.2, 0.25) is 0 Å². The Bertz CT molecular complexity index is 873. The van der Waals surface area contributed by atoms with Gasteiger partial charge in [-0.25, -0.2) is 0 Å². The standard InChI is InChI=1S/C20H20N2O3S/c23-20(21-17-8-3-6-14-5-1-2-7-16(14)17)13-24-12-15-11-18(25-22-15)19-9-4-10-26-19/h1-2,4-5,7,9-11,17H,3,6,8,12-13H2,(H,21,23). The summed E-state index contributed by atoms with van der Waals surface area (Å²) in [7, 11) is 0. The molecule has 0 saturated carbocycles. The largest absolute Gasteiger partial charge is 0.365 e. The molecule has 0 spiro atoms. The summed E-state index contributed by atoms with van der Waals surface area (Å²) in [5.74, 6) is 0.621. The van der Waals surface area contributed by atoms with Crippen LogP contribution in [0, 0.1) is 0 Å². The van der Waals surface area contributed by atoms with E-state index < -0.39 is 0 Å². The molecule has 3 aromatic rings. The lowest BCUT2D eigenvalue weighted by atomic mass is 9.88. The molecule has 1 aliphatic carbocycles. The van der Waals surface area contributed by atoms with Gasteiger partial charge in [0.25, 0.3) is 0 Å². The Balaban J connectivity index is 1.27. The van der Waals surface area contributed by atoms with Gasteiger partial charge in [-0.05, 0) is 41.8 Å². The highest BCUT2D eigenvalue weighted by molar-refractivity contribution is 7.13. The molecule has 6 heteroatoms. The zero-order valence-corrected chi connectivity index (χ0v) is 15.1. The molecule has 0 saturated heterocycles. The predicted octanol–water partition coefficient (Wildman–Crippen LogP) is 4.11. The molecule has 1 aromatic carbocycles. The average molecular weight is 368 g/mol. The quantitative estimate of drug-likeness (QED) is 0.711. The van der Waals surface area contributed by atoms with E-state index in [1.165, 1.54) is 11.1 Å². The molecule has 1 unspecified atom stereocenters. The second kappa shape index (κ2) is 7.85. The zero-order valence-electron chi connectivity index (χ0n) is 14.3. The van der Waals surface area contributed by atoms with Crippen LogP contribution >= 0.6 is 11.3 Å². The molecule has 5 nitrogen and oxygen atoms in total. The Kier molecular flexibility index (Phi) is 5.13. The lowest BCUT2D eigenvalue weighted by Gasteiger charge is -2.26. The van der Waals surface area contributed by atoms with Crippen molar-refractivity contribution in [1.82, 2.24) is 10.5 Å². The summed E-state index contributed by atoms with van der Waals surface area (Å²) < 4.78 is 10.8. The number of thiophene rings is 1. The summed E-state index contributed by atoms with van der Waals surface area (Å²) in [5, 5.41) is 9.06. The molecule has 0 radical (unpaired) electrons. The van der Waals surface area contributed by atoms with E-state index in [9.17, 15) is 4.79 Å². The summed E-state index contributed by atoms with van der Waals surface area (Å²) in [5.41, 5.74) is 3.24. The fraction of sp³-hybridized carbons (Fsp3) is 0.300. The molecular weight excluding hydrogens is 348 g/mol. The van der Waals surface area contributed by atoms with E-state index in [0.717, 1.165) is 29.9 Å². The number of fused-ring (bicyclic) bond motifs is 1. The number of aromatic nitrogens is 1. The number of ether oxygens (including phenoxy) is 1. The molecule has 26 heavy (non-hydrogen) atoms. The number of benzene rings is 1. The van der Waals surface area contributed by atoms with Crippen molar-refractivity contribution >= 4 is 17.2 Å². The summed E-state index contributed by atoms with van der Waals surface area (Å²) >= 11 is 1.59. The summed E-state index contributed by atoms with van der Waals surface area (Å²) in [4.78, 5) is 13.3. The molecule has 0 fully saturated rings. The second-order valence-electron chi connectivity index (χ2n) is 6.36. The third kappa shape index (κ3) is 3.86. The van der Waals surface area contributed by atoms with Gasteiger partial charge >= 0.3 is 0 Å². The molecule has 1 aliphatic rings. The van der Waals surface area contributed by atoms with Crippen LogP contribution in [0.4, 0.5) is 0 Å². The molecule has 2 heterocycles. The van der Waals surface area contributed by atoms with Crippen LogP contribution in [0.5, 0.6) is 0 Å². The van der Waals surface area contributed by atoms with Gasteiger partial charge in [0.2, 0.25) is 5.91 Å². The minimum absolute atomic E-state index is 0.0138. The smallest absolute Gasteiger partial charge is 0.246 e. The average Bonchev–Trinajstić information content (AvgIpc) is 3.34. The molecule has 1 N–H and O–H groups in total. The molecule has 0 aliphatic heterocycles. The fourth-order valence-corrected chi connectivity index (χ4v) is 3.98. The van der Waals surface area contributed by atoms with E-state index >= 15 is 0 Å². The van der Waals surface area contributed by atoms with E-state index in [-0.39, 0.29) is 25.2 Å². The third-order valence-corrected chi connectivity index (χ3v) is 5.40. The Morgan fingerprint density at radius 2 is 2.23 bits per heavy atom. The summed E-state index contributed by atoms with van der Waals surface area (Å²) in [6, 6.07) is 14.2. The van der Waals surface area contributed by atoms with Crippen molar-refractivity contribution < 1.29 is 14.1 Å². The van der Waals surface area contributed by atoms with Crippen LogP contribution < -0.4 is 5.32 Å². The van der Waals surface area contributed by atoms with Gasteiger partial charge in [-0.1, -0.05) is 35.5 Å². The number of carbonyl (C=O) groups is 1. The molecule has 4 rings (SSSR count). The molecule has 1 amide bonds. The molecule has 134 valence electrons. The van der Waals surface area contributed by atoms with E-state index in [0.29, 0.717) is 5.69 Å². The van der Waals surface area contributed by atoms with Crippen LogP contribution in [0.1, 0.15) is 35.7 Å². The van der Waals surface area contributed by atoms with Crippen molar-refractivity contribution in [2.45, 2.75) is 31.9 Å². The number of hydrogen-bond acceptors (Lipinski definition) is 5. The van der Waals surface area contributed by atoms with Crippen LogP contribution in [0.15, 0.2) is 52.4 Å². The van der Waals surface area contributed by atoms with Crippen molar-refractivity contribution in [1.29, 1.82) is 0 Å². The maximum atomic E-state index is 12.2. The SMILES string of the molecule is O=C(COCc1cc(-c2cccs2)on1)NC1CCCc2ccccc21. The van der Waals surface area contributed by atoms with E-state index in [1.54, 1.807) is 11.3 Å². The number of nitrogens with one attached hydrogen (secondary N) is 1. The third-order valence-electron chi connectivity index (χ3n) is 4.51. The number of hydrogen-bond donors (Lipinski definition) is 1. The number of rotatable bonds is 6. The molecule has 1 atom stereocenters. The van der Waals surface area contributed by atoms with Gasteiger partial charge in [0.05, 0.1) is 17.5 Å². The van der Waals surface area contributed by atoms with Gasteiger partial charge in [0.1, 0.15) is 12.3 Å². The van der Waals surface area contributed by atoms with Crippen LogP contribution in [-0.2, 0) is 22.6 Å². The zero-order chi connectivity index (χ0) is 17.8. The molecular formula is C20H20N2O3S. The van der Waals surface area contributed by atoms with Crippen molar-refractivity contribution in [3.05, 3.63) is 64.7 Å². The van der Waals surface area contributed by atoms with Gasteiger partial charge in [-0.15, -0.1) is 11.3 Å². The minimum Gasteiger partial charge on any atom is -0.365 e. The van der Waals surface area contributed by atoms with Gasteiger partial charge in [-0.3, -0.25) is 4.79 Å². The highest BCUT2D eigenvalue weighted by Gasteiger charge is 2.21. The lowest BCUT2D eigenvalue weighted by molar-refractivity contribution is -0.127. The number of nitrogens with zero attached hydrogens (tertiary/aromatic N) is 1.